The van der Waals surface area contributed by atoms with Crippen molar-refractivity contribution in [1.29, 1.82) is 0 Å². The van der Waals surface area contributed by atoms with E-state index in [1.807, 2.05) is 18.7 Å². The lowest BCUT2D eigenvalue weighted by atomic mass is 10.1. The number of benzene rings is 2. The van der Waals surface area contributed by atoms with E-state index in [9.17, 15) is 14.0 Å². The van der Waals surface area contributed by atoms with Crippen LogP contribution in [-0.2, 0) is 16.1 Å². The first-order chi connectivity index (χ1) is 15.4. The zero-order valence-electron chi connectivity index (χ0n) is 18.9. The zero-order valence-corrected chi connectivity index (χ0v) is 18.9. The van der Waals surface area contributed by atoms with Crippen molar-refractivity contribution in [3.05, 3.63) is 65.5 Å². The molecule has 1 saturated heterocycles. The van der Waals surface area contributed by atoms with Crippen molar-refractivity contribution >= 4 is 11.9 Å². The molecular formula is C25H31FN2O4. The predicted molar refractivity (Wildman–Crippen MR) is 120 cm³/mol. The molecule has 0 saturated carbocycles. The topological polar surface area (TPSA) is 59.1 Å². The second-order valence-electron chi connectivity index (χ2n) is 8.25. The van der Waals surface area contributed by atoms with Crippen LogP contribution in [-0.4, -0.2) is 60.1 Å². The Hall–Kier alpha value is -2.93. The largest absolute Gasteiger partial charge is 0.484 e. The van der Waals surface area contributed by atoms with E-state index in [1.54, 1.807) is 36.4 Å². The number of ether oxygens (including phenoxy) is 2. The molecule has 1 aliphatic heterocycles. The number of halogens is 1. The summed E-state index contributed by atoms with van der Waals surface area (Å²) < 4.78 is 23.9. The van der Waals surface area contributed by atoms with E-state index in [0.717, 1.165) is 25.1 Å². The molecule has 1 heterocycles. The van der Waals surface area contributed by atoms with Crippen molar-refractivity contribution in [3.63, 3.8) is 0 Å². The van der Waals surface area contributed by atoms with E-state index < -0.39 is 0 Å². The number of rotatable bonds is 8. The minimum absolute atomic E-state index is 0.0402. The van der Waals surface area contributed by atoms with Gasteiger partial charge in [-0.2, -0.15) is 0 Å². The van der Waals surface area contributed by atoms with Crippen molar-refractivity contribution < 1.29 is 23.5 Å². The summed E-state index contributed by atoms with van der Waals surface area (Å²) in [6, 6.07) is 13.4. The highest BCUT2D eigenvalue weighted by atomic mass is 19.1. The smallest absolute Gasteiger partial charge is 0.338 e. The number of carbonyl (C=O) groups excluding carboxylic acids is 2. The van der Waals surface area contributed by atoms with Crippen molar-refractivity contribution in [3.8, 4) is 5.75 Å². The molecule has 0 radical (unpaired) electrons. The number of amides is 1. The van der Waals surface area contributed by atoms with E-state index >= 15 is 0 Å². The molecule has 32 heavy (non-hydrogen) atoms. The predicted octanol–water partition coefficient (Wildman–Crippen LogP) is 3.89. The van der Waals surface area contributed by atoms with Gasteiger partial charge in [-0.3, -0.25) is 9.69 Å². The van der Waals surface area contributed by atoms with Crippen molar-refractivity contribution in [1.82, 2.24) is 9.80 Å². The average molecular weight is 443 g/mol. The summed E-state index contributed by atoms with van der Waals surface area (Å²) in [6.45, 7) is 8.44. The molecule has 172 valence electrons. The van der Waals surface area contributed by atoms with Gasteiger partial charge >= 0.3 is 5.97 Å². The first kappa shape index (κ1) is 23.7. The number of nitrogens with zero attached hydrogens (tertiary/aromatic N) is 2. The standard InChI is InChI=1S/C25H31FN2O4/c1-4-13-31-25(30)21-7-11-23(12-8-21)32-17-24(29)28-15-18(2)27(14-19(28)3)16-20-5-9-22(26)10-6-20/h5-12,18-19H,4,13-17H2,1-3H3/t18-,19+/m0/s1. The van der Waals surface area contributed by atoms with E-state index in [0.29, 0.717) is 24.5 Å². The summed E-state index contributed by atoms with van der Waals surface area (Å²) in [5, 5.41) is 0. The van der Waals surface area contributed by atoms with Gasteiger partial charge in [0.2, 0.25) is 0 Å². The molecule has 0 spiro atoms. The number of esters is 1. The van der Waals surface area contributed by atoms with Gasteiger partial charge in [-0.1, -0.05) is 19.1 Å². The monoisotopic (exact) mass is 442 g/mol. The third kappa shape index (κ3) is 6.29. The van der Waals surface area contributed by atoms with Crippen LogP contribution < -0.4 is 4.74 Å². The Morgan fingerprint density at radius 2 is 1.69 bits per heavy atom. The molecule has 2 atom stereocenters. The first-order valence-electron chi connectivity index (χ1n) is 11.0. The Morgan fingerprint density at radius 1 is 1.00 bits per heavy atom. The maximum absolute atomic E-state index is 13.1. The zero-order chi connectivity index (χ0) is 23.1. The Kier molecular flexibility index (Phi) is 8.22. The molecule has 0 aliphatic carbocycles. The lowest BCUT2D eigenvalue weighted by Crippen LogP contribution is -2.58. The molecule has 1 aliphatic rings. The number of hydrogen-bond donors (Lipinski definition) is 0. The second kappa shape index (κ2) is 11.1. The molecule has 0 aromatic heterocycles. The van der Waals surface area contributed by atoms with Crippen LogP contribution in [0.15, 0.2) is 48.5 Å². The van der Waals surface area contributed by atoms with Crippen LogP contribution in [0.3, 0.4) is 0 Å². The van der Waals surface area contributed by atoms with E-state index in [-0.39, 0.29) is 36.4 Å². The fraction of sp³-hybridized carbons (Fsp3) is 0.440. The van der Waals surface area contributed by atoms with Gasteiger partial charge in [-0.15, -0.1) is 0 Å². The molecule has 2 aromatic rings. The second-order valence-corrected chi connectivity index (χ2v) is 8.25. The third-order valence-electron chi connectivity index (χ3n) is 5.62. The summed E-state index contributed by atoms with van der Waals surface area (Å²) in [7, 11) is 0. The van der Waals surface area contributed by atoms with Crippen LogP contribution in [0, 0.1) is 5.82 Å². The van der Waals surface area contributed by atoms with E-state index in [4.69, 9.17) is 9.47 Å². The number of hydrogen-bond acceptors (Lipinski definition) is 5. The van der Waals surface area contributed by atoms with E-state index in [2.05, 4.69) is 11.8 Å². The summed E-state index contributed by atoms with van der Waals surface area (Å²) in [4.78, 5) is 28.8. The summed E-state index contributed by atoms with van der Waals surface area (Å²) in [5.74, 6) is -0.148. The lowest BCUT2D eigenvalue weighted by molar-refractivity contribution is -0.139. The number of carbonyl (C=O) groups is 2. The van der Waals surface area contributed by atoms with Crippen LogP contribution in [0.2, 0.25) is 0 Å². The quantitative estimate of drug-likeness (QED) is 0.581. The molecule has 0 bridgehead atoms. The van der Waals surface area contributed by atoms with Gasteiger partial charge in [0.1, 0.15) is 11.6 Å². The summed E-state index contributed by atoms with van der Waals surface area (Å²) in [5.41, 5.74) is 1.51. The van der Waals surface area contributed by atoms with Crippen LogP contribution in [0.1, 0.15) is 43.1 Å². The average Bonchev–Trinajstić information content (AvgIpc) is 2.79. The molecule has 6 nitrogen and oxygen atoms in total. The highest BCUT2D eigenvalue weighted by molar-refractivity contribution is 5.89. The van der Waals surface area contributed by atoms with Crippen molar-refractivity contribution in [2.45, 2.75) is 45.8 Å². The highest BCUT2D eigenvalue weighted by Crippen LogP contribution is 2.19. The maximum Gasteiger partial charge on any atom is 0.338 e. The summed E-state index contributed by atoms with van der Waals surface area (Å²) in [6.07, 6.45) is 0.770. The molecule has 7 heteroatoms. The van der Waals surface area contributed by atoms with Gasteiger partial charge in [0, 0.05) is 31.7 Å². The van der Waals surface area contributed by atoms with Crippen LogP contribution in [0.25, 0.3) is 0 Å². The van der Waals surface area contributed by atoms with Gasteiger partial charge in [0.05, 0.1) is 12.2 Å². The maximum atomic E-state index is 13.1. The van der Waals surface area contributed by atoms with Gasteiger partial charge < -0.3 is 14.4 Å². The third-order valence-corrected chi connectivity index (χ3v) is 5.62. The lowest BCUT2D eigenvalue weighted by Gasteiger charge is -2.44. The van der Waals surface area contributed by atoms with Crippen LogP contribution >= 0.6 is 0 Å². The Morgan fingerprint density at radius 3 is 2.34 bits per heavy atom. The first-order valence-corrected chi connectivity index (χ1v) is 11.0. The van der Waals surface area contributed by atoms with Gasteiger partial charge in [0.25, 0.3) is 5.91 Å². The van der Waals surface area contributed by atoms with Gasteiger partial charge in [-0.05, 0) is 62.2 Å². The molecule has 0 N–H and O–H groups in total. The minimum atomic E-state index is -0.365. The fourth-order valence-corrected chi connectivity index (χ4v) is 3.78. The fourth-order valence-electron chi connectivity index (χ4n) is 3.78. The SMILES string of the molecule is CCCOC(=O)c1ccc(OCC(=O)N2C[C@H](C)N(Cc3ccc(F)cc3)C[C@H]2C)cc1. The van der Waals surface area contributed by atoms with E-state index in [1.165, 1.54) is 12.1 Å². The Bertz CT molecular complexity index is 901. The van der Waals surface area contributed by atoms with Gasteiger partial charge in [-0.25, -0.2) is 9.18 Å². The highest BCUT2D eigenvalue weighted by Gasteiger charge is 2.32. The van der Waals surface area contributed by atoms with Crippen molar-refractivity contribution in [2.24, 2.45) is 0 Å². The molecule has 0 unspecified atom stereocenters. The molecule has 1 amide bonds. The van der Waals surface area contributed by atoms with Gasteiger partial charge in [0.15, 0.2) is 6.61 Å². The van der Waals surface area contributed by atoms with Crippen molar-refractivity contribution in [2.75, 3.05) is 26.3 Å². The molecule has 2 aromatic carbocycles. The van der Waals surface area contributed by atoms with Crippen LogP contribution in [0.4, 0.5) is 4.39 Å². The summed E-state index contributed by atoms with van der Waals surface area (Å²) >= 11 is 0. The Balaban J connectivity index is 1.50. The minimum Gasteiger partial charge on any atom is -0.484 e. The Labute approximate surface area is 188 Å². The normalized spacial score (nSPS) is 18.9. The molecule has 1 fully saturated rings. The van der Waals surface area contributed by atoms with Crippen LogP contribution in [0.5, 0.6) is 5.75 Å². The molecular weight excluding hydrogens is 411 g/mol. The number of piperazine rings is 1. The molecule has 3 rings (SSSR count).